The maximum atomic E-state index is 11.6. The molecule has 1 unspecified atom stereocenters. The Kier molecular flexibility index (Phi) is 4.38. The second kappa shape index (κ2) is 5.78. The normalized spacial score (nSPS) is 11.8. The van der Waals surface area contributed by atoms with Gasteiger partial charge in [0.25, 0.3) is 5.91 Å². The minimum Gasteiger partial charge on any atom is -0.480 e. The summed E-state index contributed by atoms with van der Waals surface area (Å²) in [5.41, 5.74) is 0.0992. The number of nitrogens with zero attached hydrogens (tertiary/aromatic N) is 3. The van der Waals surface area contributed by atoms with Crippen molar-refractivity contribution >= 4 is 11.9 Å². The highest BCUT2D eigenvalue weighted by atomic mass is 16.4. The Hall–Kier alpha value is -2.18. The molecule has 7 heteroatoms. The van der Waals surface area contributed by atoms with Crippen LogP contribution in [0.25, 0.3) is 0 Å². The van der Waals surface area contributed by atoms with E-state index in [1.54, 1.807) is 6.08 Å². The van der Waals surface area contributed by atoms with Crippen LogP contribution in [0.1, 0.15) is 23.8 Å². The van der Waals surface area contributed by atoms with Gasteiger partial charge >= 0.3 is 5.97 Å². The van der Waals surface area contributed by atoms with Crippen LogP contribution in [0.4, 0.5) is 0 Å². The third-order valence-electron chi connectivity index (χ3n) is 1.97. The van der Waals surface area contributed by atoms with Gasteiger partial charge in [0, 0.05) is 6.04 Å². The number of carbonyl (C=O) groups is 2. The van der Waals surface area contributed by atoms with Gasteiger partial charge in [-0.1, -0.05) is 11.3 Å². The highest BCUT2D eigenvalue weighted by molar-refractivity contribution is 5.92. The molecule has 1 heterocycles. The van der Waals surface area contributed by atoms with Gasteiger partial charge in [-0.2, -0.15) is 0 Å². The molecule has 0 radical (unpaired) electrons. The highest BCUT2D eigenvalue weighted by Crippen LogP contribution is 1.97. The molecule has 0 aromatic carbocycles. The number of carboxylic acid groups (broad SMARTS) is 1. The molecule has 1 atom stereocenters. The monoisotopic (exact) mass is 238 g/mol. The largest absolute Gasteiger partial charge is 0.480 e. The number of nitrogens with one attached hydrogen (secondary N) is 1. The molecule has 1 rings (SSSR count). The number of carboxylic acids is 1. The maximum absolute atomic E-state index is 11.6. The summed E-state index contributed by atoms with van der Waals surface area (Å²) >= 11 is 0. The van der Waals surface area contributed by atoms with Crippen LogP contribution in [0.3, 0.4) is 0 Å². The zero-order chi connectivity index (χ0) is 12.8. The van der Waals surface area contributed by atoms with E-state index >= 15 is 0 Å². The van der Waals surface area contributed by atoms with Crippen LogP contribution in [0.2, 0.25) is 0 Å². The van der Waals surface area contributed by atoms with E-state index in [2.05, 4.69) is 22.2 Å². The predicted octanol–water partition coefficient (Wildman–Crippen LogP) is 0.0571. The first kappa shape index (κ1) is 12.9. The van der Waals surface area contributed by atoms with E-state index < -0.39 is 5.97 Å². The van der Waals surface area contributed by atoms with Crippen LogP contribution < -0.4 is 5.32 Å². The predicted molar refractivity (Wildman–Crippen MR) is 59.4 cm³/mol. The topological polar surface area (TPSA) is 97.1 Å². The van der Waals surface area contributed by atoms with Crippen molar-refractivity contribution in [2.75, 3.05) is 0 Å². The standard InChI is InChI=1S/C10H14N4O3/c1-3-4-7(2)11-10(17)8-5-14(13-12-8)6-9(15)16/h3,5,7H,1,4,6H2,2H3,(H,11,17)(H,15,16). The number of hydrogen-bond acceptors (Lipinski definition) is 4. The van der Waals surface area contributed by atoms with Crippen LogP contribution in [-0.2, 0) is 11.3 Å². The van der Waals surface area contributed by atoms with Gasteiger partial charge < -0.3 is 10.4 Å². The molecule has 17 heavy (non-hydrogen) atoms. The average molecular weight is 238 g/mol. The lowest BCUT2D eigenvalue weighted by atomic mass is 10.2. The number of hydrogen-bond donors (Lipinski definition) is 2. The number of aromatic nitrogens is 3. The lowest BCUT2D eigenvalue weighted by molar-refractivity contribution is -0.137. The van der Waals surface area contributed by atoms with Crippen LogP contribution >= 0.6 is 0 Å². The second-order valence-electron chi connectivity index (χ2n) is 3.59. The van der Waals surface area contributed by atoms with Crippen LogP contribution in [0.15, 0.2) is 18.9 Å². The van der Waals surface area contributed by atoms with Crippen molar-refractivity contribution in [3.05, 3.63) is 24.5 Å². The quantitative estimate of drug-likeness (QED) is 0.683. The third kappa shape index (κ3) is 4.06. The van der Waals surface area contributed by atoms with Crippen LogP contribution in [0.5, 0.6) is 0 Å². The van der Waals surface area contributed by atoms with E-state index in [0.29, 0.717) is 6.42 Å². The molecule has 7 nitrogen and oxygen atoms in total. The molecule has 0 bridgehead atoms. The van der Waals surface area contributed by atoms with Crippen molar-refractivity contribution in [3.8, 4) is 0 Å². The Morgan fingerprint density at radius 2 is 2.41 bits per heavy atom. The summed E-state index contributed by atoms with van der Waals surface area (Å²) in [6.07, 6.45) is 3.64. The summed E-state index contributed by atoms with van der Waals surface area (Å²) in [5, 5.41) is 18.3. The number of rotatable bonds is 6. The van der Waals surface area contributed by atoms with Gasteiger partial charge in [-0.3, -0.25) is 9.59 Å². The fourth-order valence-electron chi connectivity index (χ4n) is 1.22. The van der Waals surface area contributed by atoms with E-state index in [9.17, 15) is 9.59 Å². The lowest BCUT2D eigenvalue weighted by Crippen LogP contribution is -2.32. The van der Waals surface area contributed by atoms with Gasteiger partial charge in [0.05, 0.1) is 6.20 Å². The van der Waals surface area contributed by atoms with Gasteiger partial charge in [-0.05, 0) is 13.3 Å². The Morgan fingerprint density at radius 3 is 3.00 bits per heavy atom. The molecule has 92 valence electrons. The molecular formula is C10H14N4O3. The van der Waals surface area contributed by atoms with Gasteiger partial charge in [0.2, 0.25) is 0 Å². The molecule has 1 aromatic heterocycles. The fourth-order valence-corrected chi connectivity index (χ4v) is 1.22. The minimum atomic E-state index is -1.04. The summed E-state index contributed by atoms with van der Waals surface area (Å²) in [6.45, 7) is 5.09. The van der Waals surface area contributed by atoms with E-state index in [4.69, 9.17) is 5.11 Å². The van der Waals surface area contributed by atoms with Gasteiger partial charge in [0.15, 0.2) is 5.69 Å². The smallest absolute Gasteiger partial charge is 0.325 e. The Labute approximate surface area is 98.1 Å². The summed E-state index contributed by atoms with van der Waals surface area (Å²) in [6, 6.07) is -0.0513. The molecule has 0 aliphatic carbocycles. The molecule has 2 N–H and O–H groups in total. The molecule has 0 saturated heterocycles. The van der Waals surface area contributed by atoms with Crippen molar-refractivity contribution in [2.24, 2.45) is 0 Å². The summed E-state index contributed by atoms with van der Waals surface area (Å²) < 4.78 is 1.09. The molecule has 0 aliphatic rings. The lowest BCUT2D eigenvalue weighted by Gasteiger charge is -2.09. The fraction of sp³-hybridized carbons (Fsp3) is 0.400. The Balaban J connectivity index is 2.60. The molecular weight excluding hydrogens is 224 g/mol. The van der Waals surface area contributed by atoms with Crippen molar-refractivity contribution in [1.82, 2.24) is 20.3 Å². The number of carbonyl (C=O) groups excluding carboxylic acids is 1. The van der Waals surface area contributed by atoms with Gasteiger partial charge in [0.1, 0.15) is 6.54 Å². The minimum absolute atomic E-state index is 0.0513. The number of aliphatic carboxylic acids is 1. The van der Waals surface area contributed by atoms with E-state index in [0.717, 1.165) is 4.68 Å². The van der Waals surface area contributed by atoms with E-state index in [-0.39, 0.29) is 24.2 Å². The maximum Gasteiger partial charge on any atom is 0.325 e. The molecule has 0 fully saturated rings. The zero-order valence-electron chi connectivity index (χ0n) is 9.46. The first-order valence-corrected chi connectivity index (χ1v) is 5.06. The molecule has 1 aromatic rings. The van der Waals surface area contributed by atoms with E-state index in [1.165, 1.54) is 6.20 Å². The second-order valence-corrected chi connectivity index (χ2v) is 3.59. The van der Waals surface area contributed by atoms with Crippen molar-refractivity contribution < 1.29 is 14.7 Å². The molecule has 0 spiro atoms. The van der Waals surface area contributed by atoms with Gasteiger partial charge in [-0.15, -0.1) is 11.7 Å². The van der Waals surface area contributed by atoms with Crippen LogP contribution in [-0.4, -0.2) is 38.0 Å². The van der Waals surface area contributed by atoms with Crippen molar-refractivity contribution in [2.45, 2.75) is 25.9 Å². The summed E-state index contributed by atoms with van der Waals surface area (Å²) in [5.74, 6) is -1.42. The first-order chi connectivity index (χ1) is 8.02. The first-order valence-electron chi connectivity index (χ1n) is 5.06. The number of amides is 1. The summed E-state index contributed by atoms with van der Waals surface area (Å²) in [4.78, 5) is 22.0. The van der Waals surface area contributed by atoms with Crippen molar-refractivity contribution in [1.29, 1.82) is 0 Å². The SMILES string of the molecule is C=CCC(C)NC(=O)c1cn(CC(=O)O)nn1. The zero-order valence-corrected chi connectivity index (χ0v) is 9.46. The van der Waals surface area contributed by atoms with Crippen molar-refractivity contribution in [3.63, 3.8) is 0 Å². The van der Waals surface area contributed by atoms with E-state index in [1.807, 2.05) is 6.92 Å². The highest BCUT2D eigenvalue weighted by Gasteiger charge is 2.13. The summed E-state index contributed by atoms with van der Waals surface area (Å²) in [7, 11) is 0. The van der Waals surface area contributed by atoms with Crippen LogP contribution in [0, 0.1) is 0 Å². The average Bonchev–Trinajstić information content (AvgIpc) is 2.65. The third-order valence-corrected chi connectivity index (χ3v) is 1.97. The molecule has 0 aliphatic heterocycles. The Bertz CT molecular complexity index is 427. The molecule has 0 saturated carbocycles. The molecule has 1 amide bonds. The Morgan fingerprint density at radius 1 is 1.71 bits per heavy atom. The van der Waals surface area contributed by atoms with Gasteiger partial charge in [-0.25, -0.2) is 4.68 Å².